The summed E-state index contributed by atoms with van der Waals surface area (Å²) in [6.45, 7) is 1.71. The topological polar surface area (TPSA) is 83.6 Å². The molecule has 1 aromatic heterocycles. The maximum Gasteiger partial charge on any atom is 0.252 e. The molecule has 0 saturated heterocycles. The summed E-state index contributed by atoms with van der Waals surface area (Å²) < 4.78 is 26.1. The molecule has 1 N–H and O–H groups in total. The molecule has 2 aromatic rings. The third-order valence-corrected chi connectivity index (χ3v) is 6.82. The van der Waals surface area contributed by atoms with E-state index in [0.29, 0.717) is 21.9 Å². The predicted molar refractivity (Wildman–Crippen MR) is 98.4 cm³/mol. The summed E-state index contributed by atoms with van der Waals surface area (Å²) in [4.78, 5) is 23.3. The number of hydrogen-bond acceptors (Lipinski definition) is 5. The zero-order valence-electron chi connectivity index (χ0n) is 14.1. The SMILES string of the molecule is CC(=O)c1cccc(NC(=O)CCCN(C)S(=O)(=O)c2cccs2)c1. The van der Waals surface area contributed by atoms with Gasteiger partial charge in [0.25, 0.3) is 10.0 Å². The summed E-state index contributed by atoms with van der Waals surface area (Å²) in [6, 6.07) is 9.96. The molecule has 0 aliphatic carbocycles. The molecule has 0 atom stereocenters. The highest BCUT2D eigenvalue weighted by molar-refractivity contribution is 7.91. The molecule has 0 saturated carbocycles. The molecule has 0 unspecified atom stereocenters. The van der Waals surface area contributed by atoms with Crippen molar-refractivity contribution >= 4 is 38.7 Å². The lowest BCUT2D eigenvalue weighted by molar-refractivity contribution is -0.116. The number of sulfonamides is 1. The Morgan fingerprint density at radius 3 is 2.60 bits per heavy atom. The molecular formula is C17H20N2O4S2. The van der Waals surface area contributed by atoms with E-state index in [4.69, 9.17) is 0 Å². The lowest BCUT2D eigenvalue weighted by Gasteiger charge is -2.15. The Labute approximate surface area is 151 Å². The molecule has 1 amide bonds. The van der Waals surface area contributed by atoms with E-state index in [1.54, 1.807) is 41.8 Å². The highest BCUT2D eigenvalue weighted by Crippen LogP contribution is 2.20. The van der Waals surface area contributed by atoms with Crippen LogP contribution >= 0.6 is 11.3 Å². The minimum atomic E-state index is -3.48. The van der Waals surface area contributed by atoms with Crippen LogP contribution in [0.2, 0.25) is 0 Å². The number of ketones is 1. The van der Waals surface area contributed by atoms with E-state index in [9.17, 15) is 18.0 Å². The number of hydrogen-bond donors (Lipinski definition) is 1. The fraction of sp³-hybridized carbons (Fsp3) is 0.294. The molecule has 6 nitrogen and oxygen atoms in total. The van der Waals surface area contributed by atoms with Gasteiger partial charge in [-0.3, -0.25) is 9.59 Å². The highest BCUT2D eigenvalue weighted by atomic mass is 32.2. The first-order valence-electron chi connectivity index (χ1n) is 7.71. The molecule has 25 heavy (non-hydrogen) atoms. The van der Waals surface area contributed by atoms with Crippen molar-refractivity contribution in [2.75, 3.05) is 18.9 Å². The number of nitrogens with zero attached hydrogens (tertiary/aromatic N) is 1. The number of carbonyl (C=O) groups excluding carboxylic acids is 2. The normalized spacial score (nSPS) is 11.5. The van der Waals surface area contributed by atoms with Gasteiger partial charge in [0.2, 0.25) is 5.91 Å². The van der Waals surface area contributed by atoms with E-state index in [2.05, 4.69) is 5.32 Å². The van der Waals surface area contributed by atoms with Crippen LogP contribution < -0.4 is 5.32 Å². The van der Waals surface area contributed by atoms with Gasteiger partial charge in [0.05, 0.1) is 0 Å². The Kier molecular flexibility index (Phi) is 6.46. The smallest absolute Gasteiger partial charge is 0.252 e. The first-order valence-corrected chi connectivity index (χ1v) is 10.0. The average Bonchev–Trinajstić information content (AvgIpc) is 3.10. The number of anilines is 1. The van der Waals surface area contributed by atoms with Gasteiger partial charge in [-0.1, -0.05) is 18.2 Å². The molecule has 0 bridgehead atoms. The summed E-state index contributed by atoms with van der Waals surface area (Å²) in [6.07, 6.45) is 0.591. The van der Waals surface area contributed by atoms with Crippen LogP contribution in [0.5, 0.6) is 0 Å². The minimum absolute atomic E-state index is 0.0727. The second kappa shape index (κ2) is 8.37. The summed E-state index contributed by atoms with van der Waals surface area (Å²) in [7, 11) is -1.98. The van der Waals surface area contributed by atoms with Gasteiger partial charge in [-0.2, -0.15) is 0 Å². The molecule has 0 spiro atoms. The van der Waals surface area contributed by atoms with Crippen LogP contribution in [0.4, 0.5) is 5.69 Å². The molecule has 2 rings (SSSR count). The minimum Gasteiger partial charge on any atom is -0.326 e. The second-order valence-corrected chi connectivity index (χ2v) is 8.77. The fourth-order valence-electron chi connectivity index (χ4n) is 2.19. The molecular weight excluding hydrogens is 360 g/mol. The monoisotopic (exact) mass is 380 g/mol. The van der Waals surface area contributed by atoms with E-state index in [1.807, 2.05) is 0 Å². The Morgan fingerprint density at radius 1 is 1.20 bits per heavy atom. The molecule has 8 heteroatoms. The van der Waals surface area contributed by atoms with Crippen LogP contribution in [0.15, 0.2) is 46.0 Å². The summed E-state index contributed by atoms with van der Waals surface area (Å²) in [5.74, 6) is -0.292. The standard InChI is InChI=1S/C17H20N2O4S2/c1-13(20)14-6-3-7-15(12-14)18-16(21)8-4-10-19(2)25(22,23)17-9-5-11-24-17/h3,5-7,9,11-12H,4,8,10H2,1-2H3,(H,18,21). The first-order chi connectivity index (χ1) is 11.8. The van der Waals surface area contributed by atoms with Crippen molar-refractivity contribution in [2.24, 2.45) is 0 Å². The Balaban J connectivity index is 1.84. The van der Waals surface area contributed by atoms with E-state index in [-0.39, 0.29) is 24.7 Å². The van der Waals surface area contributed by atoms with Crippen molar-refractivity contribution in [1.29, 1.82) is 0 Å². The van der Waals surface area contributed by atoms with Crippen molar-refractivity contribution in [1.82, 2.24) is 4.31 Å². The number of rotatable bonds is 8. The Bertz CT molecular complexity index is 845. The third kappa shape index (κ3) is 5.22. The van der Waals surface area contributed by atoms with Gasteiger partial charge in [0, 0.05) is 31.3 Å². The number of amides is 1. The number of Topliss-reactive ketones (excluding diaryl/α,β-unsaturated/α-hetero) is 1. The molecule has 1 heterocycles. The van der Waals surface area contributed by atoms with Crippen molar-refractivity contribution in [3.63, 3.8) is 0 Å². The van der Waals surface area contributed by atoms with Crippen molar-refractivity contribution in [3.8, 4) is 0 Å². The number of carbonyl (C=O) groups is 2. The predicted octanol–water partition coefficient (Wildman–Crippen LogP) is 2.99. The number of thiophene rings is 1. The summed E-state index contributed by atoms with van der Waals surface area (Å²) in [5, 5.41) is 4.43. The van der Waals surface area contributed by atoms with Crippen LogP contribution in [0.3, 0.4) is 0 Å². The summed E-state index contributed by atoms with van der Waals surface area (Å²) in [5.41, 5.74) is 1.08. The van der Waals surface area contributed by atoms with Gasteiger partial charge in [-0.15, -0.1) is 11.3 Å². The molecule has 0 fully saturated rings. The number of benzene rings is 1. The van der Waals surface area contributed by atoms with Gasteiger partial charge in [-0.25, -0.2) is 12.7 Å². The lowest BCUT2D eigenvalue weighted by Crippen LogP contribution is -2.28. The van der Waals surface area contributed by atoms with Crippen LogP contribution in [0, 0.1) is 0 Å². The highest BCUT2D eigenvalue weighted by Gasteiger charge is 2.21. The van der Waals surface area contributed by atoms with Crippen LogP contribution in [-0.4, -0.2) is 38.0 Å². The van der Waals surface area contributed by atoms with Gasteiger partial charge in [-0.05, 0) is 36.9 Å². The largest absolute Gasteiger partial charge is 0.326 e. The van der Waals surface area contributed by atoms with Gasteiger partial charge in [0.15, 0.2) is 5.78 Å². The molecule has 0 aliphatic heterocycles. The third-order valence-electron chi connectivity index (χ3n) is 3.59. The maximum atomic E-state index is 12.3. The van der Waals surface area contributed by atoms with Crippen LogP contribution in [0.25, 0.3) is 0 Å². The van der Waals surface area contributed by atoms with Crippen molar-refractivity contribution < 1.29 is 18.0 Å². The van der Waals surface area contributed by atoms with E-state index in [1.165, 1.54) is 29.6 Å². The van der Waals surface area contributed by atoms with Crippen LogP contribution in [0.1, 0.15) is 30.1 Å². The zero-order chi connectivity index (χ0) is 18.4. The van der Waals surface area contributed by atoms with Crippen molar-refractivity contribution in [2.45, 2.75) is 24.0 Å². The van der Waals surface area contributed by atoms with Crippen LogP contribution in [-0.2, 0) is 14.8 Å². The first kappa shape index (κ1) is 19.3. The van der Waals surface area contributed by atoms with Gasteiger partial charge >= 0.3 is 0 Å². The number of nitrogens with one attached hydrogen (secondary N) is 1. The Morgan fingerprint density at radius 2 is 1.96 bits per heavy atom. The molecule has 1 aromatic carbocycles. The maximum absolute atomic E-state index is 12.3. The summed E-state index contributed by atoms with van der Waals surface area (Å²) >= 11 is 1.17. The lowest BCUT2D eigenvalue weighted by atomic mass is 10.1. The van der Waals surface area contributed by atoms with E-state index < -0.39 is 10.0 Å². The molecule has 0 radical (unpaired) electrons. The van der Waals surface area contributed by atoms with Gasteiger partial charge in [0.1, 0.15) is 4.21 Å². The van der Waals surface area contributed by atoms with E-state index in [0.717, 1.165) is 0 Å². The zero-order valence-corrected chi connectivity index (χ0v) is 15.7. The molecule has 0 aliphatic rings. The van der Waals surface area contributed by atoms with E-state index >= 15 is 0 Å². The fourth-order valence-corrected chi connectivity index (χ4v) is 4.60. The van der Waals surface area contributed by atoms with Gasteiger partial charge < -0.3 is 5.32 Å². The average molecular weight is 380 g/mol. The van der Waals surface area contributed by atoms with Crippen molar-refractivity contribution in [3.05, 3.63) is 47.3 Å². The molecule has 134 valence electrons. The Hall–Kier alpha value is -2.03. The quantitative estimate of drug-likeness (QED) is 0.714. The second-order valence-electron chi connectivity index (χ2n) is 5.55.